The van der Waals surface area contributed by atoms with Crippen LogP contribution in [0, 0.1) is 35.5 Å². The lowest BCUT2D eigenvalue weighted by atomic mass is 9.63. The van der Waals surface area contributed by atoms with E-state index in [-0.39, 0.29) is 11.4 Å². The van der Waals surface area contributed by atoms with Crippen LogP contribution in [0.3, 0.4) is 0 Å². The van der Waals surface area contributed by atoms with Crippen LogP contribution < -0.4 is 5.32 Å². The molecular weight excluding hydrogens is 246 g/mol. The number of hydrogen-bond donors (Lipinski definition) is 1. The Bertz CT molecular complexity index is 470. The van der Waals surface area contributed by atoms with E-state index in [0.29, 0.717) is 5.57 Å². The summed E-state index contributed by atoms with van der Waals surface area (Å²) in [4.78, 5) is 12.2. The first-order valence-corrected chi connectivity index (χ1v) is 8.53. The summed E-state index contributed by atoms with van der Waals surface area (Å²) in [5, 5.41) is 3.41. The Kier molecular flexibility index (Phi) is 2.66. The lowest BCUT2D eigenvalue weighted by molar-refractivity contribution is -0.120. The summed E-state index contributed by atoms with van der Waals surface area (Å²) < 4.78 is 0. The monoisotopic (exact) mass is 273 g/mol. The molecule has 0 aromatic rings. The second-order valence-corrected chi connectivity index (χ2v) is 8.04. The van der Waals surface area contributed by atoms with E-state index in [0.717, 1.165) is 41.9 Å². The summed E-state index contributed by atoms with van der Waals surface area (Å²) >= 11 is 0. The van der Waals surface area contributed by atoms with Gasteiger partial charge in [0.05, 0.1) is 0 Å². The van der Waals surface area contributed by atoms with Gasteiger partial charge in [-0.05, 0) is 81.0 Å². The highest BCUT2D eigenvalue weighted by Gasteiger charge is 2.66. The first-order chi connectivity index (χ1) is 9.55. The highest BCUT2D eigenvalue weighted by Crippen LogP contribution is 2.70. The van der Waals surface area contributed by atoms with Gasteiger partial charge in [-0.25, -0.2) is 0 Å². The average Bonchev–Trinajstić information content (AvgIpc) is 3.15. The molecule has 2 nitrogen and oxygen atoms in total. The predicted octanol–water partition coefficient (Wildman–Crippen LogP) is 3.53. The van der Waals surface area contributed by atoms with E-state index in [4.69, 9.17) is 0 Å². The van der Waals surface area contributed by atoms with E-state index >= 15 is 0 Å². The van der Waals surface area contributed by atoms with Crippen molar-refractivity contribution in [2.75, 3.05) is 0 Å². The molecule has 1 amide bonds. The van der Waals surface area contributed by atoms with Crippen molar-refractivity contribution in [3.63, 3.8) is 0 Å². The topological polar surface area (TPSA) is 29.1 Å². The van der Waals surface area contributed by atoms with Crippen molar-refractivity contribution in [1.29, 1.82) is 0 Å². The van der Waals surface area contributed by atoms with Gasteiger partial charge in [0.1, 0.15) is 0 Å². The molecule has 4 fully saturated rings. The Morgan fingerprint density at radius 1 is 1.20 bits per heavy atom. The minimum atomic E-state index is 0.0825. The van der Waals surface area contributed by atoms with Gasteiger partial charge in [-0.3, -0.25) is 4.79 Å². The molecule has 0 aromatic heterocycles. The smallest absolute Gasteiger partial charge is 0.246 e. The molecule has 4 rings (SSSR count). The number of hydrogen-bond acceptors (Lipinski definition) is 1. The van der Waals surface area contributed by atoms with Gasteiger partial charge in [0, 0.05) is 11.1 Å². The van der Waals surface area contributed by atoms with E-state index in [1.54, 1.807) is 0 Å². The van der Waals surface area contributed by atoms with Crippen LogP contribution in [-0.4, -0.2) is 11.4 Å². The van der Waals surface area contributed by atoms with Crippen molar-refractivity contribution in [3.05, 3.63) is 12.2 Å². The maximum Gasteiger partial charge on any atom is 0.246 e. The maximum atomic E-state index is 12.2. The first-order valence-electron chi connectivity index (χ1n) is 8.53. The Labute approximate surface area is 122 Å². The molecule has 7 unspecified atom stereocenters. The van der Waals surface area contributed by atoms with E-state index in [1.807, 2.05) is 6.92 Å². The molecule has 4 aliphatic carbocycles. The Morgan fingerprint density at radius 2 is 1.90 bits per heavy atom. The third-order valence-electron chi connectivity index (χ3n) is 7.33. The molecule has 0 aromatic carbocycles. The highest BCUT2D eigenvalue weighted by molar-refractivity contribution is 5.92. The van der Waals surface area contributed by atoms with Gasteiger partial charge in [-0.2, -0.15) is 0 Å². The van der Waals surface area contributed by atoms with Gasteiger partial charge in [0.25, 0.3) is 0 Å². The van der Waals surface area contributed by atoms with E-state index < -0.39 is 0 Å². The molecule has 110 valence electrons. The third-order valence-corrected chi connectivity index (χ3v) is 7.33. The molecule has 0 spiro atoms. The van der Waals surface area contributed by atoms with Crippen molar-refractivity contribution in [2.45, 2.75) is 57.9 Å². The Hall–Kier alpha value is -0.790. The van der Waals surface area contributed by atoms with Crippen LogP contribution in [0.4, 0.5) is 0 Å². The molecule has 4 aliphatic rings. The van der Waals surface area contributed by atoms with Crippen molar-refractivity contribution < 1.29 is 4.79 Å². The minimum Gasteiger partial charge on any atom is -0.347 e. The zero-order valence-electron chi connectivity index (χ0n) is 12.8. The molecule has 4 saturated carbocycles. The molecule has 4 bridgehead atoms. The minimum absolute atomic E-state index is 0.0825. The summed E-state index contributed by atoms with van der Waals surface area (Å²) in [5.41, 5.74) is 0.747. The number of amides is 1. The summed E-state index contributed by atoms with van der Waals surface area (Å²) in [5.74, 6) is 5.68. The fourth-order valence-electron chi connectivity index (χ4n) is 6.72. The number of carbonyl (C=O) groups is 1. The second-order valence-electron chi connectivity index (χ2n) is 8.04. The quantitative estimate of drug-likeness (QED) is 0.618. The Morgan fingerprint density at radius 3 is 2.55 bits per heavy atom. The van der Waals surface area contributed by atoms with Crippen LogP contribution in [-0.2, 0) is 4.79 Å². The molecular formula is C18H27NO. The molecule has 0 radical (unpaired) electrons. The zero-order valence-corrected chi connectivity index (χ0v) is 12.8. The summed E-state index contributed by atoms with van der Waals surface area (Å²) in [6, 6.07) is 0. The average molecular weight is 273 g/mol. The zero-order chi connectivity index (χ0) is 14.1. The van der Waals surface area contributed by atoms with Gasteiger partial charge >= 0.3 is 0 Å². The molecule has 1 N–H and O–H groups in total. The van der Waals surface area contributed by atoms with Crippen molar-refractivity contribution >= 4 is 5.91 Å². The first kappa shape index (κ1) is 12.9. The largest absolute Gasteiger partial charge is 0.347 e. The third kappa shape index (κ3) is 1.48. The normalized spacial score (nSPS) is 51.3. The highest BCUT2D eigenvalue weighted by atomic mass is 16.1. The number of rotatable bonds is 3. The van der Waals surface area contributed by atoms with Crippen LogP contribution in [0.25, 0.3) is 0 Å². The summed E-state index contributed by atoms with van der Waals surface area (Å²) in [6.45, 7) is 7.91. The van der Waals surface area contributed by atoms with Crippen molar-refractivity contribution in [3.8, 4) is 0 Å². The SMILES string of the molecule is C=C(C)C(=O)NC1(CC)CC2CC1C1C3CCC(C3)C21. The number of carbonyl (C=O) groups excluding carboxylic acids is 1. The lowest BCUT2D eigenvalue weighted by Gasteiger charge is -2.46. The molecule has 7 atom stereocenters. The van der Waals surface area contributed by atoms with Crippen LogP contribution in [0.5, 0.6) is 0 Å². The fraction of sp³-hybridized carbons (Fsp3) is 0.833. The van der Waals surface area contributed by atoms with Gasteiger partial charge < -0.3 is 5.32 Å². The van der Waals surface area contributed by atoms with Gasteiger partial charge in [-0.1, -0.05) is 13.5 Å². The van der Waals surface area contributed by atoms with E-state index in [2.05, 4.69) is 18.8 Å². The predicted molar refractivity (Wildman–Crippen MR) is 80.0 cm³/mol. The second kappa shape index (κ2) is 4.11. The standard InChI is InChI=1S/C18H27NO/c1-4-18(19-17(20)10(2)3)9-13-8-14(18)16-12-6-5-11(7-12)15(13)16/h11-16H,2,4-9H2,1,3H3,(H,19,20). The van der Waals surface area contributed by atoms with E-state index in [1.165, 1.54) is 32.1 Å². The molecule has 2 heteroatoms. The van der Waals surface area contributed by atoms with Crippen LogP contribution in [0.15, 0.2) is 12.2 Å². The summed E-state index contributed by atoms with van der Waals surface area (Å²) in [6.07, 6.45) is 8.16. The summed E-state index contributed by atoms with van der Waals surface area (Å²) in [7, 11) is 0. The maximum absolute atomic E-state index is 12.2. The Balaban J connectivity index is 1.62. The molecule has 0 heterocycles. The van der Waals surface area contributed by atoms with Crippen molar-refractivity contribution in [2.24, 2.45) is 35.5 Å². The molecule has 0 saturated heterocycles. The fourth-order valence-corrected chi connectivity index (χ4v) is 6.72. The van der Waals surface area contributed by atoms with Gasteiger partial charge in [0.2, 0.25) is 5.91 Å². The number of fused-ring (bicyclic) bond motifs is 9. The molecule has 20 heavy (non-hydrogen) atoms. The van der Waals surface area contributed by atoms with Crippen molar-refractivity contribution in [1.82, 2.24) is 5.32 Å². The van der Waals surface area contributed by atoms with Crippen LogP contribution in [0.1, 0.15) is 52.4 Å². The van der Waals surface area contributed by atoms with Gasteiger partial charge in [0.15, 0.2) is 0 Å². The van der Waals surface area contributed by atoms with Crippen LogP contribution >= 0.6 is 0 Å². The molecule has 0 aliphatic heterocycles. The lowest BCUT2D eigenvalue weighted by Crippen LogP contribution is -2.56. The van der Waals surface area contributed by atoms with Gasteiger partial charge in [-0.15, -0.1) is 0 Å². The van der Waals surface area contributed by atoms with Crippen LogP contribution in [0.2, 0.25) is 0 Å². The number of nitrogens with one attached hydrogen (secondary N) is 1. The van der Waals surface area contributed by atoms with E-state index in [9.17, 15) is 4.79 Å².